The van der Waals surface area contributed by atoms with Crippen LogP contribution in [0.15, 0.2) is 18.2 Å². The zero-order valence-corrected chi connectivity index (χ0v) is 11.7. The summed E-state index contributed by atoms with van der Waals surface area (Å²) < 4.78 is 14.0. The lowest BCUT2D eigenvalue weighted by atomic mass is 10.0. The number of nitrogens with zero attached hydrogens (tertiary/aromatic N) is 4. The predicted molar refractivity (Wildman–Crippen MR) is 74.6 cm³/mol. The smallest absolute Gasteiger partial charge is 0.147 e. The number of piperazine rings is 1. The fraction of sp³-hybridized carbons (Fsp3) is 0.467. The van der Waals surface area contributed by atoms with Crippen molar-refractivity contribution in [2.45, 2.75) is 19.4 Å². The Balaban J connectivity index is 2.09. The third-order valence-electron chi connectivity index (χ3n) is 3.76. The second-order valence-electron chi connectivity index (χ2n) is 5.42. The van der Waals surface area contributed by atoms with Crippen molar-refractivity contribution in [3.63, 3.8) is 0 Å². The number of nitriles is 2. The molecule has 0 saturated carbocycles. The van der Waals surface area contributed by atoms with Gasteiger partial charge in [-0.3, -0.25) is 4.90 Å². The van der Waals surface area contributed by atoms with Gasteiger partial charge in [-0.1, -0.05) is 0 Å². The van der Waals surface area contributed by atoms with Crippen LogP contribution in [0.25, 0.3) is 0 Å². The van der Waals surface area contributed by atoms with Crippen molar-refractivity contribution in [2.75, 3.05) is 31.1 Å². The van der Waals surface area contributed by atoms with E-state index >= 15 is 0 Å². The Bertz CT molecular complexity index is 575. The fourth-order valence-corrected chi connectivity index (χ4v) is 2.41. The van der Waals surface area contributed by atoms with Crippen LogP contribution in [-0.2, 0) is 0 Å². The average molecular weight is 272 g/mol. The van der Waals surface area contributed by atoms with Crippen LogP contribution in [0.5, 0.6) is 0 Å². The van der Waals surface area contributed by atoms with Gasteiger partial charge in [-0.05, 0) is 32.0 Å². The molecule has 0 spiro atoms. The highest BCUT2D eigenvalue weighted by Gasteiger charge is 2.30. The summed E-state index contributed by atoms with van der Waals surface area (Å²) in [6.07, 6.45) is 0. The number of rotatable bonds is 2. The van der Waals surface area contributed by atoms with Crippen molar-refractivity contribution < 1.29 is 4.39 Å². The maximum Gasteiger partial charge on any atom is 0.147 e. The maximum absolute atomic E-state index is 14.0. The number of anilines is 1. The SMILES string of the molecule is CC(C)(C#N)N1CCN(c2ccc(C#N)cc2F)CC1. The standard InChI is InChI=1S/C15H17FN4/c1-15(2,11-18)20-7-5-19(6-8-20)14-4-3-12(10-17)9-13(14)16/h3-4,9H,5-8H2,1-2H3. The fourth-order valence-electron chi connectivity index (χ4n) is 2.41. The molecule has 104 valence electrons. The molecule has 20 heavy (non-hydrogen) atoms. The molecule has 4 nitrogen and oxygen atoms in total. The highest BCUT2D eigenvalue weighted by Crippen LogP contribution is 2.24. The van der Waals surface area contributed by atoms with Crippen molar-refractivity contribution in [1.29, 1.82) is 10.5 Å². The Kier molecular flexibility index (Phi) is 3.92. The minimum absolute atomic E-state index is 0.329. The first-order valence-electron chi connectivity index (χ1n) is 6.59. The Hall–Kier alpha value is -2.11. The van der Waals surface area contributed by atoms with E-state index in [1.54, 1.807) is 12.1 Å². The highest BCUT2D eigenvalue weighted by atomic mass is 19.1. The number of benzene rings is 1. The molecule has 1 aromatic carbocycles. The number of halogens is 1. The van der Waals surface area contributed by atoms with Crippen LogP contribution in [0.4, 0.5) is 10.1 Å². The van der Waals surface area contributed by atoms with Crippen molar-refractivity contribution in [3.05, 3.63) is 29.6 Å². The van der Waals surface area contributed by atoms with E-state index in [0.717, 1.165) is 13.1 Å². The van der Waals surface area contributed by atoms with Crippen LogP contribution in [0, 0.1) is 28.5 Å². The van der Waals surface area contributed by atoms with Crippen LogP contribution in [-0.4, -0.2) is 36.6 Å². The van der Waals surface area contributed by atoms with Gasteiger partial charge in [0.1, 0.15) is 11.4 Å². The van der Waals surface area contributed by atoms with E-state index in [1.807, 2.05) is 24.8 Å². The summed E-state index contributed by atoms with van der Waals surface area (Å²) in [5.74, 6) is -0.364. The van der Waals surface area contributed by atoms with E-state index < -0.39 is 5.54 Å². The quantitative estimate of drug-likeness (QED) is 0.827. The molecule has 1 aromatic rings. The van der Waals surface area contributed by atoms with Gasteiger partial charge in [-0.25, -0.2) is 4.39 Å². The molecule has 0 atom stereocenters. The van der Waals surface area contributed by atoms with E-state index in [4.69, 9.17) is 10.5 Å². The Morgan fingerprint density at radius 3 is 2.30 bits per heavy atom. The molecular weight excluding hydrogens is 255 g/mol. The van der Waals surface area contributed by atoms with Crippen molar-refractivity contribution in [2.24, 2.45) is 0 Å². The van der Waals surface area contributed by atoms with Gasteiger partial charge in [0.05, 0.1) is 23.4 Å². The summed E-state index contributed by atoms with van der Waals surface area (Å²) in [6.45, 7) is 6.58. The van der Waals surface area contributed by atoms with Gasteiger partial charge in [0.25, 0.3) is 0 Å². The lowest BCUT2D eigenvalue weighted by Gasteiger charge is -2.41. The lowest BCUT2D eigenvalue weighted by Crippen LogP contribution is -2.54. The van der Waals surface area contributed by atoms with Gasteiger partial charge in [-0.2, -0.15) is 10.5 Å². The molecule has 0 aromatic heterocycles. The predicted octanol–water partition coefficient (Wildman–Crippen LogP) is 2.12. The molecule has 0 unspecified atom stereocenters. The topological polar surface area (TPSA) is 54.1 Å². The molecule has 0 aliphatic carbocycles. The van der Waals surface area contributed by atoms with E-state index in [9.17, 15) is 4.39 Å². The van der Waals surface area contributed by atoms with Crippen LogP contribution in [0.2, 0.25) is 0 Å². The lowest BCUT2D eigenvalue weighted by molar-refractivity contribution is 0.158. The van der Waals surface area contributed by atoms with Gasteiger partial charge in [0, 0.05) is 26.2 Å². The Morgan fingerprint density at radius 1 is 1.15 bits per heavy atom. The Morgan fingerprint density at radius 2 is 1.80 bits per heavy atom. The first-order valence-corrected chi connectivity index (χ1v) is 6.59. The average Bonchev–Trinajstić information content (AvgIpc) is 2.47. The molecule has 0 bridgehead atoms. The zero-order valence-electron chi connectivity index (χ0n) is 11.7. The third kappa shape index (κ3) is 2.74. The van der Waals surface area contributed by atoms with E-state index in [0.29, 0.717) is 24.3 Å². The summed E-state index contributed by atoms with van der Waals surface area (Å²) in [4.78, 5) is 4.06. The minimum atomic E-state index is -0.491. The van der Waals surface area contributed by atoms with Gasteiger partial charge >= 0.3 is 0 Å². The van der Waals surface area contributed by atoms with E-state index in [1.165, 1.54) is 6.07 Å². The van der Waals surface area contributed by atoms with Crippen molar-refractivity contribution in [1.82, 2.24) is 4.90 Å². The molecule has 2 rings (SSSR count). The summed E-state index contributed by atoms with van der Waals surface area (Å²) in [5, 5.41) is 17.9. The van der Waals surface area contributed by atoms with Crippen LogP contribution in [0.3, 0.4) is 0 Å². The molecule has 1 aliphatic rings. The van der Waals surface area contributed by atoms with Gasteiger partial charge < -0.3 is 4.90 Å². The molecule has 1 fully saturated rings. The van der Waals surface area contributed by atoms with Gasteiger partial charge in [-0.15, -0.1) is 0 Å². The minimum Gasteiger partial charge on any atom is -0.367 e. The molecule has 0 N–H and O–H groups in total. The molecular formula is C15H17FN4. The maximum atomic E-state index is 14.0. The molecule has 0 amide bonds. The zero-order chi connectivity index (χ0) is 14.8. The molecule has 1 heterocycles. The van der Waals surface area contributed by atoms with Crippen LogP contribution >= 0.6 is 0 Å². The molecule has 1 saturated heterocycles. The first-order chi connectivity index (χ1) is 9.47. The van der Waals surface area contributed by atoms with Crippen molar-refractivity contribution in [3.8, 4) is 12.1 Å². The van der Waals surface area contributed by atoms with Crippen LogP contribution < -0.4 is 4.90 Å². The monoisotopic (exact) mass is 272 g/mol. The highest BCUT2D eigenvalue weighted by molar-refractivity contribution is 5.51. The molecule has 0 radical (unpaired) electrons. The van der Waals surface area contributed by atoms with Crippen LogP contribution in [0.1, 0.15) is 19.4 Å². The largest absolute Gasteiger partial charge is 0.367 e. The number of hydrogen-bond donors (Lipinski definition) is 0. The molecule has 1 aliphatic heterocycles. The summed E-state index contributed by atoms with van der Waals surface area (Å²) >= 11 is 0. The molecule has 5 heteroatoms. The first kappa shape index (κ1) is 14.3. The van der Waals surface area contributed by atoms with Crippen molar-refractivity contribution >= 4 is 5.69 Å². The number of hydrogen-bond acceptors (Lipinski definition) is 4. The van der Waals surface area contributed by atoms with Gasteiger partial charge in [0.2, 0.25) is 0 Å². The van der Waals surface area contributed by atoms with E-state index in [-0.39, 0.29) is 5.82 Å². The second-order valence-corrected chi connectivity index (χ2v) is 5.42. The van der Waals surface area contributed by atoms with E-state index in [2.05, 4.69) is 11.0 Å². The normalized spacial score (nSPS) is 16.6. The second kappa shape index (κ2) is 5.48. The summed E-state index contributed by atoms with van der Waals surface area (Å²) in [6, 6.07) is 8.76. The van der Waals surface area contributed by atoms with Gasteiger partial charge in [0.15, 0.2) is 0 Å². The third-order valence-corrected chi connectivity index (χ3v) is 3.76. The summed E-state index contributed by atoms with van der Waals surface area (Å²) in [7, 11) is 0. The Labute approximate surface area is 118 Å². The summed E-state index contributed by atoms with van der Waals surface area (Å²) in [5.41, 5.74) is 0.365.